The van der Waals surface area contributed by atoms with Crippen LogP contribution in [0.3, 0.4) is 0 Å². The zero-order chi connectivity index (χ0) is 27.2. The highest BCUT2D eigenvalue weighted by atomic mass is 35.5. The molecular formula is C28H37ClN4O4S. The average Bonchev–Trinajstić information content (AvgIpc) is 3.24. The molecule has 4 heterocycles. The van der Waals surface area contributed by atoms with Crippen LogP contribution in [0.2, 0.25) is 5.02 Å². The van der Waals surface area contributed by atoms with Gasteiger partial charge in [-0.05, 0) is 71.1 Å². The Labute approximate surface area is 233 Å². The molecule has 1 unspecified atom stereocenters. The molecule has 2 N–H and O–H groups in total. The van der Waals surface area contributed by atoms with Crippen molar-refractivity contribution in [2.24, 2.45) is 11.8 Å². The van der Waals surface area contributed by atoms with Gasteiger partial charge >= 0.3 is 0 Å². The van der Waals surface area contributed by atoms with Crippen LogP contribution in [0, 0.1) is 25.7 Å². The molecule has 1 atom stereocenters. The van der Waals surface area contributed by atoms with E-state index in [2.05, 4.69) is 27.1 Å². The van der Waals surface area contributed by atoms with Gasteiger partial charge in [-0.25, -0.2) is 0 Å². The first-order valence-electron chi connectivity index (χ1n) is 13.2. The summed E-state index contributed by atoms with van der Waals surface area (Å²) in [5.74, 6) is 0.897. The number of nitrogens with zero attached hydrogens (tertiary/aromatic N) is 2. The fraction of sp³-hybridized carbons (Fsp3) is 0.571. The molecule has 206 valence electrons. The monoisotopic (exact) mass is 560 g/mol. The minimum atomic E-state index is -0.822. The van der Waals surface area contributed by atoms with Gasteiger partial charge < -0.3 is 29.6 Å². The summed E-state index contributed by atoms with van der Waals surface area (Å²) in [4.78, 5) is 34.3. The molecule has 5 rings (SSSR count). The number of rotatable bonds is 7. The number of hydrogen-bond donors (Lipinski definition) is 2. The molecule has 10 heteroatoms. The molecule has 0 saturated carbocycles. The van der Waals surface area contributed by atoms with Crippen LogP contribution < -0.4 is 20.3 Å². The van der Waals surface area contributed by atoms with Crippen molar-refractivity contribution in [2.45, 2.75) is 50.8 Å². The van der Waals surface area contributed by atoms with Crippen molar-refractivity contribution < 1.29 is 14.3 Å². The number of aromatic amines is 1. The minimum Gasteiger partial charge on any atom is -0.448 e. The maximum Gasteiger partial charge on any atom is 0.254 e. The van der Waals surface area contributed by atoms with E-state index in [4.69, 9.17) is 21.1 Å². The third-order valence-corrected chi connectivity index (χ3v) is 9.24. The van der Waals surface area contributed by atoms with Crippen molar-refractivity contribution in [3.63, 3.8) is 0 Å². The van der Waals surface area contributed by atoms with E-state index >= 15 is 0 Å². The highest BCUT2D eigenvalue weighted by Crippen LogP contribution is 2.51. The largest absolute Gasteiger partial charge is 0.448 e. The standard InChI is InChI=1S/C28H37ClN4O4S/c1-16-10-23(38-5)21(27(35)31-16)12-30-26(34)20-11-22(29)25-24(17(20)2)36-28(3,37-25)19-6-8-33(9-7-19)15-18-13-32(4)14-18/h10-11,18-19H,6-9,12-15H2,1-5H3,(H,30,34)(H,31,35). The van der Waals surface area contributed by atoms with Gasteiger partial charge in [0, 0.05) is 66.3 Å². The number of pyridine rings is 1. The van der Waals surface area contributed by atoms with Crippen molar-refractivity contribution in [1.29, 1.82) is 0 Å². The summed E-state index contributed by atoms with van der Waals surface area (Å²) in [5, 5.41) is 3.24. The van der Waals surface area contributed by atoms with E-state index in [0.717, 1.165) is 49.0 Å². The molecule has 1 amide bonds. The topological polar surface area (TPSA) is 86.9 Å². The van der Waals surface area contributed by atoms with Crippen molar-refractivity contribution >= 4 is 29.3 Å². The molecule has 0 aliphatic carbocycles. The SMILES string of the molecule is CSc1cc(C)[nH]c(=O)c1CNC(=O)c1cc(Cl)c2c(c1C)OC(C)(C1CCN(CC3CN(C)C3)CC1)O2. The van der Waals surface area contributed by atoms with Gasteiger partial charge in [0.05, 0.1) is 5.02 Å². The second-order valence-corrected chi connectivity index (χ2v) is 12.3. The lowest BCUT2D eigenvalue weighted by atomic mass is 9.88. The van der Waals surface area contributed by atoms with Gasteiger partial charge in [0.2, 0.25) is 0 Å². The average molecular weight is 561 g/mol. The van der Waals surface area contributed by atoms with Crippen LogP contribution in [0.5, 0.6) is 11.5 Å². The fourth-order valence-electron chi connectivity index (χ4n) is 6.00. The molecule has 1 aromatic heterocycles. The summed E-state index contributed by atoms with van der Waals surface area (Å²) in [7, 11) is 2.17. The van der Waals surface area contributed by atoms with Gasteiger partial charge in [0.25, 0.3) is 17.3 Å². The van der Waals surface area contributed by atoms with E-state index in [9.17, 15) is 9.59 Å². The molecule has 3 aliphatic rings. The predicted molar refractivity (Wildman–Crippen MR) is 151 cm³/mol. The number of piperidine rings is 1. The van der Waals surface area contributed by atoms with Crippen LogP contribution in [0.1, 0.15) is 46.9 Å². The Balaban J connectivity index is 1.26. The first kappa shape index (κ1) is 27.4. The van der Waals surface area contributed by atoms with Crippen molar-refractivity contribution in [2.75, 3.05) is 46.0 Å². The number of aromatic nitrogens is 1. The van der Waals surface area contributed by atoms with Crippen LogP contribution in [0.25, 0.3) is 0 Å². The molecule has 0 radical (unpaired) electrons. The Bertz CT molecular complexity index is 1290. The van der Waals surface area contributed by atoms with Crippen LogP contribution in [0.4, 0.5) is 0 Å². The Hall–Kier alpha value is -2.20. The highest BCUT2D eigenvalue weighted by Gasteiger charge is 2.47. The molecule has 38 heavy (non-hydrogen) atoms. The molecule has 2 saturated heterocycles. The maximum atomic E-state index is 13.2. The number of carbonyl (C=O) groups excluding carboxylic acids is 1. The number of ether oxygens (including phenoxy) is 2. The maximum absolute atomic E-state index is 13.2. The third-order valence-electron chi connectivity index (χ3n) is 8.15. The smallest absolute Gasteiger partial charge is 0.254 e. The van der Waals surface area contributed by atoms with E-state index in [1.165, 1.54) is 24.9 Å². The van der Waals surface area contributed by atoms with Crippen molar-refractivity contribution in [1.82, 2.24) is 20.1 Å². The minimum absolute atomic E-state index is 0.115. The number of likely N-dealkylation sites (tertiary alicyclic amines) is 2. The van der Waals surface area contributed by atoms with Gasteiger partial charge in [0.15, 0.2) is 11.5 Å². The van der Waals surface area contributed by atoms with Crippen LogP contribution in [-0.4, -0.2) is 72.5 Å². The molecule has 2 fully saturated rings. The summed E-state index contributed by atoms with van der Waals surface area (Å²) >= 11 is 8.10. The second-order valence-electron chi connectivity index (χ2n) is 11.1. The number of fused-ring (bicyclic) bond motifs is 1. The van der Waals surface area contributed by atoms with Crippen molar-refractivity contribution in [3.8, 4) is 11.5 Å². The zero-order valence-corrected chi connectivity index (χ0v) is 24.4. The lowest BCUT2D eigenvalue weighted by molar-refractivity contribution is -0.126. The predicted octanol–water partition coefficient (Wildman–Crippen LogP) is 4.06. The molecular weight excluding hydrogens is 524 g/mol. The summed E-state index contributed by atoms with van der Waals surface area (Å²) in [6, 6.07) is 3.54. The van der Waals surface area contributed by atoms with Gasteiger partial charge in [-0.1, -0.05) is 11.6 Å². The van der Waals surface area contributed by atoms with Gasteiger partial charge in [-0.2, -0.15) is 0 Å². The van der Waals surface area contributed by atoms with Gasteiger partial charge in [-0.3, -0.25) is 9.59 Å². The Morgan fingerprint density at radius 3 is 2.55 bits per heavy atom. The number of thioether (sulfide) groups is 1. The van der Waals surface area contributed by atoms with Crippen LogP contribution in [0.15, 0.2) is 21.8 Å². The number of carbonyl (C=O) groups is 1. The first-order chi connectivity index (χ1) is 18.1. The van der Waals surface area contributed by atoms with Gasteiger partial charge in [0.1, 0.15) is 0 Å². The number of hydrogen-bond acceptors (Lipinski definition) is 7. The number of nitrogens with one attached hydrogen (secondary N) is 2. The summed E-state index contributed by atoms with van der Waals surface area (Å²) in [5.41, 5.74) is 2.21. The van der Waals surface area contributed by atoms with E-state index in [1.807, 2.05) is 33.1 Å². The Kier molecular flexibility index (Phi) is 7.75. The lowest BCUT2D eigenvalue weighted by Gasteiger charge is -2.43. The van der Waals surface area contributed by atoms with Gasteiger partial charge in [-0.15, -0.1) is 11.8 Å². The molecule has 1 aromatic carbocycles. The van der Waals surface area contributed by atoms with Crippen LogP contribution in [-0.2, 0) is 6.54 Å². The molecule has 8 nitrogen and oxygen atoms in total. The lowest BCUT2D eigenvalue weighted by Crippen LogP contribution is -2.53. The van der Waals surface area contributed by atoms with Crippen molar-refractivity contribution in [3.05, 3.63) is 49.9 Å². The Morgan fingerprint density at radius 2 is 1.89 bits per heavy atom. The molecule has 0 bridgehead atoms. The quantitative estimate of drug-likeness (QED) is 0.494. The summed E-state index contributed by atoms with van der Waals surface area (Å²) in [6.07, 6.45) is 3.88. The summed E-state index contributed by atoms with van der Waals surface area (Å²) in [6.45, 7) is 11.4. The number of aryl methyl sites for hydroxylation is 1. The second kappa shape index (κ2) is 10.8. The number of amides is 1. The van der Waals surface area contributed by atoms with E-state index in [0.29, 0.717) is 33.2 Å². The number of benzene rings is 1. The summed E-state index contributed by atoms with van der Waals surface area (Å²) < 4.78 is 12.8. The first-order valence-corrected chi connectivity index (χ1v) is 14.8. The molecule has 0 spiro atoms. The zero-order valence-electron chi connectivity index (χ0n) is 22.8. The van der Waals surface area contributed by atoms with E-state index < -0.39 is 5.79 Å². The molecule has 3 aliphatic heterocycles. The number of H-pyrrole nitrogens is 1. The third kappa shape index (κ3) is 5.30. The van der Waals surface area contributed by atoms with Crippen LogP contribution >= 0.6 is 23.4 Å². The fourth-order valence-corrected chi connectivity index (χ4v) is 6.94. The normalized spacial score (nSPS) is 22.5. The Morgan fingerprint density at radius 1 is 1.21 bits per heavy atom. The number of halogens is 1. The molecule has 2 aromatic rings. The van der Waals surface area contributed by atoms with E-state index in [-0.39, 0.29) is 23.9 Å². The van der Waals surface area contributed by atoms with E-state index in [1.54, 1.807) is 6.07 Å². The highest BCUT2D eigenvalue weighted by molar-refractivity contribution is 7.98.